The Labute approximate surface area is 102 Å². The first-order valence-corrected chi connectivity index (χ1v) is 5.70. The lowest BCUT2D eigenvalue weighted by molar-refractivity contribution is -0.142. The lowest BCUT2D eigenvalue weighted by atomic mass is 10.1. The Balaban J connectivity index is 2.41. The van der Waals surface area contributed by atoms with Crippen LogP contribution in [0.25, 0.3) is 0 Å². The van der Waals surface area contributed by atoms with Crippen molar-refractivity contribution in [3.05, 3.63) is 35.9 Å². The van der Waals surface area contributed by atoms with Gasteiger partial charge >= 0.3 is 5.97 Å². The standard InChI is InChI=1S/C13H19NO3/c1-17-13(16)11-14(9-10-15)8-7-12-5-3-2-4-6-12/h2-6,15H,7-11H2,1H3. The van der Waals surface area contributed by atoms with Gasteiger partial charge in [-0.1, -0.05) is 30.3 Å². The van der Waals surface area contributed by atoms with Crippen LogP contribution in [0.3, 0.4) is 0 Å². The van der Waals surface area contributed by atoms with Gasteiger partial charge in [-0.2, -0.15) is 0 Å². The third kappa shape index (κ3) is 5.47. The molecule has 4 heteroatoms. The molecule has 0 radical (unpaired) electrons. The fourth-order valence-corrected chi connectivity index (χ4v) is 1.59. The lowest BCUT2D eigenvalue weighted by Crippen LogP contribution is -2.34. The highest BCUT2D eigenvalue weighted by Gasteiger charge is 2.10. The Morgan fingerprint density at radius 3 is 2.59 bits per heavy atom. The van der Waals surface area contributed by atoms with Crippen molar-refractivity contribution < 1.29 is 14.6 Å². The second kappa shape index (κ2) is 7.81. The maximum absolute atomic E-state index is 11.2. The summed E-state index contributed by atoms with van der Waals surface area (Å²) >= 11 is 0. The predicted molar refractivity (Wildman–Crippen MR) is 65.7 cm³/mol. The van der Waals surface area contributed by atoms with Gasteiger partial charge in [0.1, 0.15) is 0 Å². The van der Waals surface area contributed by atoms with E-state index in [1.54, 1.807) is 0 Å². The molecular formula is C13H19NO3. The topological polar surface area (TPSA) is 49.8 Å². The van der Waals surface area contributed by atoms with E-state index in [1.165, 1.54) is 12.7 Å². The van der Waals surface area contributed by atoms with Crippen LogP contribution in [0.4, 0.5) is 0 Å². The number of methoxy groups -OCH3 is 1. The summed E-state index contributed by atoms with van der Waals surface area (Å²) in [6.07, 6.45) is 0.859. The van der Waals surface area contributed by atoms with Crippen molar-refractivity contribution >= 4 is 5.97 Å². The molecule has 0 amide bonds. The van der Waals surface area contributed by atoms with Crippen molar-refractivity contribution in [2.45, 2.75) is 6.42 Å². The largest absolute Gasteiger partial charge is 0.468 e. The van der Waals surface area contributed by atoms with E-state index in [-0.39, 0.29) is 19.1 Å². The zero-order valence-corrected chi connectivity index (χ0v) is 10.1. The van der Waals surface area contributed by atoms with Gasteiger partial charge in [0, 0.05) is 13.1 Å². The van der Waals surface area contributed by atoms with Gasteiger partial charge in [-0.05, 0) is 12.0 Å². The van der Waals surface area contributed by atoms with Gasteiger partial charge in [-0.3, -0.25) is 9.69 Å². The van der Waals surface area contributed by atoms with Crippen LogP contribution in [0, 0.1) is 0 Å². The molecule has 0 unspecified atom stereocenters. The number of nitrogens with zero attached hydrogens (tertiary/aromatic N) is 1. The minimum absolute atomic E-state index is 0.0474. The molecule has 0 fully saturated rings. The molecule has 0 bridgehead atoms. The van der Waals surface area contributed by atoms with E-state index in [9.17, 15) is 4.79 Å². The van der Waals surface area contributed by atoms with Crippen molar-refractivity contribution in [2.24, 2.45) is 0 Å². The van der Waals surface area contributed by atoms with E-state index >= 15 is 0 Å². The number of benzene rings is 1. The number of carbonyl (C=O) groups is 1. The van der Waals surface area contributed by atoms with Gasteiger partial charge in [0.05, 0.1) is 20.3 Å². The Kier molecular flexibility index (Phi) is 6.29. The number of aliphatic hydroxyl groups is 1. The number of ether oxygens (including phenoxy) is 1. The van der Waals surface area contributed by atoms with Crippen molar-refractivity contribution in [3.8, 4) is 0 Å². The highest BCUT2D eigenvalue weighted by molar-refractivity contribution is 5.71. The number of carbonyl (C=O) groups excluding carboxylic acids is 1. The molecule has 0 heterocycles. The van der Waals surface area contributed by atoms with Crippen LogP contribution in [0.5, 0.6) is 0 Å². The number of hydrogen-bond acceptors (Lipinski definition) is 4. The molecule has 0 spiro atoms. The third-order valence-electron chi connectivity index (χ3n) is 2.56. The van der Waals surface area contributed by atoms with E-state index < -0.39 is 0 Å². The van der Waals surface area contributed by atoms with Gasteiger partial charge < -0.3 is 9.84 Å². The summed E-state index contributed by atoms with van der Waals surface area (Å²) in [5, 5.41) is 8.93. The summed E-state index contributed by atoms with van der Waals surface area (Å²) in [6.45, 7) is 1.50. The average molecular weight is 237 g/mol. The molecular weight excluding hydrogens is 218 g/mol. The molecule has 0 aromatic heterocycles. The Morgan fingerprint density at radius 1 is 1.29 bits per heavy atom. The summed E-state index contributed by atoms with van der Waals surface area (Å²) < 4.78 is 4.62. The highest BCUT2D eigenvalue weighted by Crippen LogP contribution is 2.01. The average Bonchev–Trinajstić information content (AvgIpc) is 2.37. The fourth-order valence-electron chi connectivity index (χ4n) is 1.59. The first-order valence-electron chi connectivity index (χ1n) is 5.70. The van der Waals surface area contributed by atoms with Crippen molar-refractivity contribution in [1.82, 2.24) is 4.90 Å². The molecule has 17 heavy (non-hydrogen) atoms. The van der Waals surface area contributed by atoms with Crippen molar-refractivity contribution in [1.29, 1.82) is 0 Å². The molecule has 0 saturated carbocycles. The zero-order valence-electron chi connectivity index (χ0n) is 10.1. The molecule has 1 N–H and O–H groups in total. The van der Waals surface area contributed by atoms with Gasteiger partial charge in [0.2, 0.25) is 0 Å². The van der Waals surface area contributed by atoms with E-state index in [1.807, 2.05) is 23.1 Å². The van der Waals surface area contributed by atoms with E-state index in [4.69, 9.17) is 5.11 Å². The molecule has 4 nitrogen and oxygen atoms in total. The third-order valence-corrected chi connectivity index (χ3v) is 2.56. The summed E-state index contributed by atoms with van der Waals surface area (Å²) in [5.41, 5.74) is 1.22. The molecule has 0 atom stereocenters. The molecule has 0 saturated heterocycles. The number of aliphatic hydroxyl groups excluding tert-OH is 1. The first kappa shape index (κ1) is 13.7. The maximum Gasteiger partial charge on any atom is 0.319 e. The van der Waals surface area contributed by atoms with Crippen LogP contribution in [-0.4, -0.2) is 49.3 Å². The second-order valence-electron chi connectivity index (χ2n) is 3.81. The van der Waals surface area contributed by atoms with Crippen LogP contribution in [-0.2, 0) is 16.0 Å². The fraction of sp³-hybridized carbons (Fsp3) is 0.462. The van der Waals surface area contributed by atoms with E-state index in [0.29, 0.717) is 6.54 Å². The molecule has 0 aliphatic heterocycles. The van der Waals surface area contributed by atoms with Crippen molar-refractivity contribution in [2.75, 3.05) is 33.4 Å². The van der Waals surface area contributed by atoms with Gasteiger partial charge in [0.15, 0.2) is 0 Å². The SMILES string of the molecule is COC(=O)CN(CCO)CCc1ccccc1. The minimum atomic E-state index is -0.272. The minimum Gasteiger partial charge on any atom is -0.468 e. The molecule has 1 aromatic carbocycles. The van der Waals surface area contributed by atoms with Gasteiger partial charge in [-0.15, -0.1) is 0 Å². The lowest BCUT2D eigenvalue weighted by Gasteiger charge is -2.19. The predicted octanol–water partition coefficient (Wildman–Crippen LogP) is 0.696. The molecule has 94 valence electrons. The smallest absolute Gasteiger partial charge is 0.319 e. The number of esters is 1. The molecule has 1 rings (SSSR count). The Bertz CT molecular complexity index is 327. The number of rotatable bonds is 7. The zero-order chi connectivity index (χ0) is 12.5. The molecule has 0 aliphatic rings. The van der Waals surface area contributed by atoms with Crippen molar-refractivity contribution in [3.63, 3.8) is 0 Å². The summed E-state index contributed by atoms with van der Waals surface area (Å²) in [7, 11) is 1.37. The van der Waals surface area contributed by atoms with Crippen LogP contribution in [0.1, 0.15) is 5.56 Å². The monoisotopic (exact) mass is 237 g/mol. The van der Waals surface area contributed by atoms with Crippen LogP contribution in [0.15, 0.2) is 30.3 Å². The van der Waals surface area contributed by atoms with Crippen LogP contribution >= 0.6 is 0 Å². The molecule has 1 aromatic rings. The Morgan fingerprint density at radius 2 is 2.00 bits per heavy atom. The second-order valence-corrected chi connectivity index (χ2v) is 3.81. The normalized spacial score (nSPS) is 10.5. The van der Waals surface area contributed by atoms with Crippen LogP contribution < -0.4 is 0 Å². The van der Waals surface area contributed by atoms with Gasteiger partial charge in [0.25, 0.3) is 0 Å². The Hall–Kier alpha value is -1.39. The maximum atomic E-state index is 11.2. The molecule has 0 aliphatic carbocycles. The van der Waals surface area contributed by atoms with Gasteiger partial charge in [-0.25, -0.2) is 0 Å². The van der Waals surface area contributed by atoms with Crippen LogP contribution in [0.2, 0.25) is 0 Å². The number of hydrogen-bond donors (Lipinski definition) is 1. The summed E-state index contributed by atoms with van der Waals surface area (Å²) in [6, 6.07) is 10.1. The van der Waals surface area contributed by atoms with E-state index in [2.05, 4.69) is 16.9 Å². The summed E-state index contributed by atoms with van der Waals surface area (Å²) in [4.78, 5) is 13.1. The summed E-state index contributed by atoms with van der Waals surface area (Å²) in [5.74, 6) is -0.272. The highest BCUT2D eigenvalue weighted by atomic mass is 16.5. The quantitative estimate of drug-likeness (QED) is 0.709. The first-order chi connectivity index (χ1) is 8.26. The van der Waals surface area contributed by atoms with E-state index in [0.717, 1.165) is 13.0 Å².